The maximum absolute atomic E-state index is 11.2. The summed E-state index contributed by atoms with van der Waals surface area (Å²) in [6.07, 6.45) is 0. The third-order valence-electron chi connectivity index (χ3n) is 2.83. The lowest BCUT2D eigenvalue weighted by Crippen LogP contribution is -2.05. The van der Waals surface area contributed by atoms with Crippen molar-refractivity contribution < 1.29 is 9.90 Å². The number of carboxylic acids is 1. The minimum atomic E-state index is -1.05. The Morgan fingerprint density at radius 2 is 2.05 bits per heavy atom. The fraction of sp³-hybridized carbons (Fsp3) is 0.0714. The highest BCUT2D eigenvalue weighted by Gasteiger charge is 2.12. The Balaban J connectivity index is 2.41. The van der Waals surface area contributed by atoms with E-state index in [0.717, 1.165) is 3.57 Å². The van der Waals surface area contributed by atoms with Crippen LogP contribution in [0.2, 0.25) is 5.02 Å². The highest BCUT2D eigenvalue weighted by molar-refractivity contribution is 14.1. The molecule has 2 aromatic rings. The van der Waals surface area contributed by atoms with Crippen LogP contribution in [0, 0.1) is 10.5 Å². The summed E-state index contributed by atoms with van der Waals surface area (Å²) in [6.45, 7) is 1.77. The molecule has 6 heteroatoms. The van der Waals surface area contributed by atoms with Gasteiger partial charge < -0.3 is 16.2 Å². The van der Waals surface area contributed by atoms with Crippen LogP contribution >= 0.6 is 34.2 Å². The molecular formula is C14H12ClIN2O2. The predicted molar refractivity (Wildman–Crippen MR) is 90.0 cm³/mol. The summed E-state index contributed by atoms with van der Waals surface area (Å²) in [4.78, 5) is 11.2. The molecule has 0 aromatic heterocycles. The van der Waals surface area contributed by atoms with Gasteiger partial charge >= 0.3 is 5.97 Å². The Labute approximate surface area is 135 Å². The summed E-state index contributed by atoms with van der Waals surface area (Å²) in [5, 5.41) is 12.8. The molecule has 0 atom stereocenters. The average molecular weight is 403 g/mol. The molecule has 0 radical (unpaired) electrons. The quantitative estimate of drug-likeness (QED) is 0.529. The molecule has 104 valence electrons. The van der Waals surface area contributed by atoms with Gasteiger partial charge in [-0.05, 0) is 65.4 Å². The lowest BCUT2D eigenvalue weighted by Gasteiger charge is -2.12. The van der Waals surface area contributed by atoms with Crippen LogP contribution in [0.5, 0.6) is 0 Å². The molecule has 4 nitrogen and oxygen atoms in total. The Morgan fingerprint density at radius 1 is 1.35 bits per heavy atom. The molecule has 0 aliphatic carbocycles. The van der Waals surface area contributed by atoms with E-state index >= 15 is 0 Å². The van der Waals surface area contributed by atoms with Crippen molar-refractivity contribution in [3.05, 3.63) is 50.1 Å². The van der Waals surface area contributed by atoms with Gasteiger partial charge in [-0.3, -0.25) is 0 Å². The molecule has 0 amide bonds. The second-order valence-corrected chi connectivity index (χ2v) is 5.96. The summed E-state index contributed by atoms with van der Waals surface area (Å²) in [7, 11) is 0. The van der Waals surface area contributed by atoms with Gasteiger partial charge in [-0.25, -0.2) is 4.79 Å². The van der Waals surface area contributed by atoms with Crippen molar-refractivity contribution in [2.24, 2.45) is 0 Å². The standard InChI is InChI=1S/C14H12ClIN2O2/c1-7-4-9(6-10(13(7)17)14(19)20)18-12-3-2-8(16)5-11(12)15/h2-6,18H,17H2,1H3,(H,19,20). The number of halogens is 2. The molecule has 0 aliphatic heterocycles. The van der Waals surface area contributed by atoms with E-state index < -0.39 is 5.97 Å². The molecule has 0 unspecified atom stereocenters. The van der Waals surface area contributed by atoms with Crippen LogP contribution in [-0.2, 0) is 0 Å². The Morgan fingerprint density at radius 3 is 2.65 bits per heavy atom. The van der Waals surface area contributed by atoms with Gasteiger partial charge in [0.05, 0.1) is 16.3 Å². The second-order valence-electron chi connectivity index (χ2n) is 4.31. The van der Waals surface area contributed by atoms with Crippen molar-refractivity contribution in [3.63, 3.8) is 0 Å². The molecule has 0 heterocycles. The third kappa shape index (κ3) is 3.16. The van der Waals surface area contributed by atoms with E-state index in [0.29, 0.717) is 22.0 Å². The number of hydrogen-bond acceptors (Lipinski definition) is 3. The second kappa shape index (κ2) is 5.88. The molecule has 2 rings (SSSR count). The number of carbonyl (C=O) groups is 1. The highest BCUT2D eigenvalue weighted by Crippen LogP contribution is 2.30. The normalized spacial score (nSPS) is 10.3. The molecule has 4 N–H and O–H groups in total. The van der Waals surface area contributed by atoms with Crippen molar-refractivity contribution >= 4 is 57.2 Å². The van der Waals surface area contributed by atoms with E-state index in [2.05, 4.69) is 27.9 Å². The van der Waals surface area contributed by atoms with E-state index in [1.54, 1.807) is 13.0 Å². The number of benzene rings is 2. The topological polar surface area (TPSA) is 75.3 Å². The zero-order chi connectivity index (χ0) is 14.9. The van der Waals surface area contributed by atoms with Crippen LogP contribution in [0.3, 0.4) is 0 Å². The molecule has 0 bridgehead atoms. The van der Waals surface area contributed by atoms with E-state index in [1.165, 1.54) is 6.07 Å². The Bertz CT molecular complexity index is 689. The largest absolute Gasteiger partial charge is 0.478 e. The molecule has 0 spiro atoms. The molecule has 20 heavy (non-hydrogen) atoms. The number of carboxylic acid groups (broad SMARTS) is 1. The van der Waals surface area contributed by atoms with Crippen molar-refractivity contribution in [2.75, 3.05) is 11.1 Å². The van der Waals surface area contributed by atoms with Crippen molar-refractivity contribution in [1.29, 1.82) is 0 Å². The van der Waals surface area contributed by atoms with Gasteiger partial charge in [0, 0.05) is 14.9 Å². The fourth-order valence-corrected chi connectivity index (χ4v) is 2.70. The van der Waals surface area contributed by atoms with Crippen LogP contribution in [-0.4, -0.2) is 11.1 Å². The predicted octanol–water partition coefficient (Wildman–Crippen LogP) is 4.28. The SMILES string of the molecule is Cc1cc(Nc2ccc(I)cc2Cl)cc(C(=O)O)c1N. The number of hydrogen-bond donors (Lipinski definition) is 3. The number of anilines is 3. The lowest BCUT2D eigenvalue weighted by atomic mass is 10.1. The first kappa shape index (κ1) is 14.9. The van der Waals surface area contributed by atoms with Crippen LogP contribution in [0.25, 0.3) is 0 Å². The summed E-state index contributed by atoms with van der Waals surface area (Å²) < 4.78 is 1.03. The molecule has 0 saturated carbocycles. The Hall–Kier alpha value is -1.47. The molecule has 0 fully saturated rings. The first-order valence-corrected chi connectivity index (χ1v) is 7.19. The van der Waals surface area contributed by atoms with Crippen molar-refractivity contribution in [3.8, 4) is 0 Å². The maximum atomic E-state index is 11.2. The monoisotopic (exact) mass is 402 g/mol. The number of rotatable bonds is 3. The maximum Gasteiger partial charge on any atom is 0.337 e. The van der Waals surface area contributed by atoms with E-state index in [1.807, 2.05) is 18.2 Å². The van der Waals surface area contributed by atoms with Crippen molar-refractivity contribution in [1.82, 2.24) is 0 Å². The summed E-state index contributed by atoms with van der Waals surface area (Å²) in [5.41, 5.74) is 8.17. The zero-order valence-electron chi connectivity index (χ0n) is 10.6. The first-order chi connectivity index (χ1) is 9.38. The molecule has 0 aliphatic rings. The van der Waals surface area contributed by atoms with Crippen LogP contribution < -0.4 is 11.1 Å². The zero-order valence-corrected chi connectivity index (χ0v) is 13.5. The number of aryl methyl sites for hydroxylation is 1. The van der Waals surface area contributed by atoms with Gasteiger partial charge in [-0.2, -0.15) is 0 Å². The Kier molecular flexibility index (Phi) is 4.39. The van der Waals surface area contributed by atoms with Gasteiger partial charge in [-0.1, -0.05) is 11.6 Å². The van der Waals surface area contributed by atoms with Crippen LogP contribution in [0.1, 0.15) is 15.9 Å². The lowest BCUT2D eigenvalue weighted by molar-refractivity contribution is 0.0698. The third-order valence-corrected chi connectivity index (χ3v) is 3.81. The van der Waals surface area contributed by atoms with Crippen LogP contribution in [0.15, 0.2) is 30.3 Å². The summed E-state index contributed by atoms with van der Waals surface area (Å²) in [6, 6.07) is 8.87. The minimum Gasteiger partial charge on any atom is -0.478 e. The van der Waals surface area contributed by atoms with Gasteiger partial charge in [0.1, 0.15) is 0 Å². The van der Waals surface area contributed by atoms with Gasteiger partial charge in [0.15, 0.2) is 0 Å². The van der Waals surface area contributed by atoms with Gasteiger partial charge in [0.2, 0.25) is 0 Å². The number of nitrogens with two attached hydrogens (primary N) is 1. The smallest absolute Gasteiger partial charge is 0.337 e. The van der Waals surface area contributed by atoms with E-state index in [4.69, 9.17) is 22.4 Å². The molecular weight excluding hydrogens is 391 g/mol. The number of aromatic carboxylic acids is 1. The molecule has 0 saturated heterocycles. The number of nitrogens with one attached hydrogen (secondary N) is 1. The number of nitrogen functional groups attached to an aromatic ring is 1. The first-order valence-electron chi connectivity index (χ1n) is 5.74. The average Bonchev–Trinajstić information content (AvgIpc) is 2.36. The summed E-state index contributed by atoms with van der Waals surface area (Å²) in [5.74, 6) is -1.05. The van der Waals surface area contributed by atoms with Crippen LogP contribution in [0.4, 0.5) is 17.1 Å². The summed E-state index contributed by atoms with van der Waals surface area (Å²) >= 11 is 8.31. The van der Waals surface area contributed by atoms with E-state index in [-0.39, 0.29) is 11.3 Å². The van der Waals surface area contributed by atoms with Crippen molar-refractivity contribution in [2.45, 2.75) is 6.92 Å². The molecule has 2 aromatic carbocycles. The van der Waals surface area contributed by atoms with E-state index in [9.17, 15) is 4.79 Å². The fourth-order valence-electron chi connectivity index (χ4n) is 1.79. The van der Waals surface area contributed by atoms with Gasteiger partial charge in [0.25, 0.3) is 0 Å². The minimum absolute atomic E-state index is 0.0779. The van der Waals surface area contributed by atoms with Gasteiger partial charge in [-0.15, -0.1) is 0 Å². The highest BCUT2D eigenvalue weighted by atomic mass is 127.